The first-order valence-corrected chi connectivity index (χ1v) is 10.9. The van der Waals surface area contributed by atoms with Gasteiger partial charge in [-0.1, -0.05) is 17.3 Å². The van der Waals surface area contributed by atoms with Crippen molar-refractivity contribution in [3.8, 4) is 17.2 Å². The Kier molecular flexibility index (Phi) is 5.32. The van der Waals surface area contributed by atoms with Crippen LogP contribution in [0.3, 0.4) is 0 Å². The SMILES string of the molecule is COc1ccc(C2CC(=O)C3=C(C2)Nc2onc(C)c2C3c2cc(OC)ccc2OC)cc1. The van der Waals surface area contributed by atoms with Crippen molar-refractivity contribution in [3.63, 3.8) is 0 Å². The monoisotopic (exact) mass is 446 g/mol. The van der Waals surface area contributed by atoms with E-state index in [1.165, 1.54) is 0 Å². The Morgan fingerprint density at radius 3 is 2.39 bits per heavy atom. The van der Waals surface area contributed by atoms with E-state index in [1.807, 2.05) is 49.4 Å². The normalized spacial score (nSPS) is 19.5. The summed E-state index contributed by atoms with van der Waals surface area (Å²) in [6, 6.07) is 13.6. The van der Waals surface area contributed by atoms with Crippen molar-refractivity contribution in [1.29, 1.82) is 0 Å². The number of Topliss-reactive ketones (excluding diaryl/α,β-unsaturated/α-hetero) is 1. The fourth-order valence-corrected chi connectivity index (χ4v) is 4.96. The molecular formula is C26H26N2O5. The van der Waals surface area contributed by atoms with Crippen LogP contribution in [0.1, 0.15) is 47.1 Å². The minimum absolute atomic E-state index is 0.0630. The Bertz CT molecular complexity index is 1240. The average molecular weight is 447 g/mol. The van der Waals surface area contributed by atoms with Crippen LogP contribution in [-0.4, -0.2) is 32.3 Å². The van der Waals surface area contributed by atoms with Gasteiger partial charge >= 0.3 is 0 Å². The molecule has 0 saturated carbocycles. The molecule has 0 fully saturated rings. The molecule has 3 aromatic rings. The van der Waals surface area contributed by atoms with E-state index in [0.29, 0.717) is 30.2 Å². The molecular weight excluding hydrogens is 420 g/mol. The van der Waals surface area contributed by atoms with Crippen molar-refractivity contribution in [3.05, 3.63) is 76.1 Å². The molecule has 2 aliphatic rings. The van der Waals surface area contributed by atoms with Gasteiger partial charge in [-0.3, -0.25) is 4.79 Å². The second-order valence-corrected chi connectivity index (χ2v) is 8.37. The van der Waals surface area contributed by atoms with Gasteiger partial charge in [-0.05, 0) is 55.2 Å². The number of carbonyl (C=O) groups is 1. The topological polar surface area (TPSA) is 82.8 Å². The van der Waals surface area contributed by atoms with Crippen molar-refractivity contribution in [2.45, 2.75) is 31.6 Å². The van der Waals surface area contributed by atoms with Crippen LogP contribution >= 0.6 is 0 Å². The molecule has 7 nitrogen and oxygen atoms in total. The third-order valence-corrected chi connectivity index (χ3v) is 6.59. The summed E-state index contributed by atoms with van der Waals surface area (Å²) in [5.41, 5.74) is 5.17. The molecule has 2 atom stereocenters. The van der Waals surface area contributed by atoms with Gasteiger partial charge in [-0.25, -0.2) is 0 Å². The van der Waals surface area contributed by atoms with E-state index >= 15 is 0 Å². The number of allylic oxidation sites excluding steroid dienone is 2. The largest absolute Gasteiger partial charge is 0.497 e. The quantitative estimate of drug-likeness (QED) is 0.593. The third kappa shape index (κ3) is 3.53. The maximum Gasteiger partial charge on any atom is 0.233 e. The molecule has 5 rings (SSSR count). The van der Waals surface area contributed by atoms with Crippen molar-refractivity contribution in [2.24, 2.45) is 0 Å². The minimum atomic E-state index is -0.350. The van der Waals surface area contributed by atoms with Gasteiger partial charge in [-0.15, -0.1) is 0 Å². The summed E-state index contributed by atoms with van der Waals surface area (Å²) in [6.45, 7) is 1.89. The zero-order valence-corrected chi connectivity index (χ0v) is 19.1. The minimum Gasteiger partial charge on any atom is -0.497 e. The van der Waals surface area contributed by atoms with Gasteiger partial charge in [0.15, 0.2) is 5.78 Å². The highest BCUT2D eigenvalue weighted by atomic mass is 16.5. The van der Waals surface area contributed by atoms with E-state index < -0.39 is 0 Å². The fraction of sp³-hybridized carbons (Fsp3) is 0.308. The molecule has 0 bridgehead atoms. The van der Waals surface area contributed by atoms with Gasteiger partial charge < -0.3 is 24.1 Å². The van der Waals surface area contributed by atoms with E-state index in [-0.39, 0.29) is 17.6 Å². The van der Waals surface area contributed by atoms with Crippen LogP contribution in [0.2, 0.25) is 0 Å². The number of ether oxygens (including phenoxy) is 3. The molecule has 1 aromatic heterocycles. The van der Waals surface area contributed by atoms with Gasteiger partial charge in [0.1, 0.15) is 17.2 Å². The van der Waals surface area contributed by atoms with Crippen LogP contribution < -0.4 is 19.5 Å². The van der Waals surface area contributed by atoms with E-state index in [0.717, 1.165) is 39.4 Å². The van der Waals surface area contributed by atoms with Gasteiger partial charge in [0, 0.05) is 23.3 Å². The third-order valence-electron chi connectivity index (χ3n) is 6.59. The number of fused-ring (bicyclic) bond motifs is 1. The summed E-state index contributed by atoms with van der Waals surface area (Å²) >= 11 is 0. The van der Waals surface area contributed by atoms with Crippen LogP contribution in [-0.2, 0) is 4.79 Å². The standard InChI is InChI=1S/C26H26N2O5/c1-14-23-24(19-13-18(31-3)9-10-22(19)32-4)25-20(27-26(23)33-28-14)11-16(12-21(25)29)15-5-7-17(30-2)8-6-15/h5-10,13,16,24,27H,11-12H2,1-4H3. The van der Waals surface area contributed by atoms with Crippen LogP contribution in [0.4, 0.5) is 5.88 Å². The molecule has 2 unspecified atom stereocenters. The lowest BCUT2D eigenvalue weighted by Crippen LogP contribution is -2.29. The summed E-state index contributed by atoms with van der Waals surface area (Å²) in [5.74, 6) is 2.57. The van der Waals surface area contributed by atoms with Crippen LogP contribution in [0.15, 0.2) is 58.3 Å². The first-order valence-electron chi connectivity index (χ1n) is 10.9. The highest BCUT2D eigenvalue weighted by Crippen LogP contribution is 2.51. The molecule has 0 spiro atoms. The van der Waals surface area contributed by atoms with Crippen LogP contribution in [0.5, 0.6) is 17.2 Å². The summed E-state index contributed by atoms with van der Waals surface area (Å²) in [6.07, 6.45) is 1.12. The second kappa shape index (κ2) is 8.31. The van der Waals surface area contributed by atoms with Crippen molar-refractivity contribution in [2.75, 3.05) is 26.6 Å². The van der Waals surface area contributed by atoms with E-state index in [9.17, 15) is 4.79 Å². The first-order chi connectivity index (χ1) is 16.0. The number of aryl methyl sites for hydroxylation is 1. The van der Waals surface area contributed by atoms with Crippen LogP contribution in [0.25, 0.3) is 0 Å². The summed E-state index contributed by atoms with van der Waals surface area (Å²) < 4.78 is 22.1. The lowest BCUT2D eigenvalue weighted by Gasteiger charge is -2.35. The zero-order valence-electron chi connectivity index (χ0n) is 19.1. The molecule has 1 aliphatic carbocycles. The molecule has 0 amide bonds. The number of methoxy groups -OCH3 is 3. The lowest BCUT2D eigenvalue weighted by atomic mass is 9.72. The molecule has 2 heterocycles. The van der Waals surface area contributed by atoms with Crippen LogP contribution in [0, 0.1) is 6.92 Å². The molecule has 0 saturated heterocycles. The predicted molar refractivity (Wildman–Crippen MR) is 123 cm³/mol. The number of hydrogen-bond acceptors (Lipinski definition) is 7. The van der Waals surface area contributed by atoms with Gasteiger partial charge in [0.25, 0.3) is 0 Å². The maximum atomic E-state index is 13.7. The first kappa shape index (κ1) is 21.1. The van der Waals surface area contributed by atoms with E-state index in [2.05, 4.69) is 10.5 Å². The van der Waals surface area contributed by atoms with Crippen molar-refractivity contribution < 1.29 is 23.5 Å². The van der Waals surface area contributed by atoms with Gasteiger partial charge in [-0.2, -0.15) is 0 Å². The van der Waals surface area contributed by atoms with E-state index in [4.69, 9.17) is 18.7 Å². The number of aromatic nitrogens is 1. The highest BCUT2D eigenvalue weighted by molar-refractivity contribution is 6.01. The fourth-order valence-electron chi connectivity index (χ4n) is 4.96. The molecule has 33 heavy (non-hydrogen) atoms. The summed E-state index contributed by atoms with van der Waals surface area (Å²) in [7, 11) is 4.90. The molecule has 170 valence electrons. The predicted octanol–water partition coefficient (Wildman–Crippen LogP) is 4.97. The molecule has 0 radical (unpaired) electrons. The molecule has 1 aliphatic heterocycles. The number of rotatable bonds is 5. The van der Waals surface area contributed by atoms with Crippen molar-refractivity contribution in [1.82, 2.24) is 5.16 Å². The summed E-state index contributed by atoms with van der Waals surface area (Å²) in [5, 5.41) is 7.56. The maximum absolute atomic E-state index is 13.7. The zero-order chi connectivity index (χ0) is 23.1. The number of benzene rings is 2. The second-order valence-electron chi connectivity index (χ2n) is 8.37. The molecule has 7 heteroatoms. The Morgan fingerprint density at radius 1 is 0.970 bits per heavy atom. The number of anilines is 1. The van der Waals surface area contributed by atoms with Crippen molar-refractivity contribution >= 4 is 11.7 Å². The number of nitrogens with one attached hydrogen (secondary N) is 1. The Balaban J connectivity index is 1.63. The molecule has 1 N–H and O–H groups in total. The average Bonchev–Trinajstić information content (AvgIpc) is 3.22. The Hall–Kier alpha value is -3.74. The number of ketones is 1. The summed E-state index contributed by atoms with van der Waals surface area (Å²) in [4.78, 5) is 13.7. The lowest BCUT2D eigenvalue weighted by molar-refractivity contribution is -0.116. The van der Waals surface area contributed by atoms with Gasteiger partial charge in [0.05, 0.1) is 38.5 Å². The smallest absolute Gasteiger partial charge is 0.233 e. The Morgan fingerprint density at radius 2 is 1.70 bits per heavy atom. The van der Waals surface area contributed by atoms with E-state index in [1.54, 1.807) is 21.3 Å². The number of carbonyl (C=O) groups excluding carboxylic acids is 1. The highest BCUT2D eigenvalue weighted by Gasteiger charge is 2.42. The Labute approximate surface area is 192 Å². The number of hydrogen-bond donors (Lipinski definition) is 1. The molecule has 2 aromatic carbocycles. The number of nitrogens with zero attached hydrogens (tertiary/aromatic N) is 1. The van der Waals surface area contributed by atoms with Gasteiger partial charge in [0.2, 0.25) is 5.88 Å².